The first-order chi connectivity index (χ1) is 13.1. The van der Waals surface area contributed by atoms with Gasteiger partial charge in [-0.3, -0.25) is 9.67 Å². The Hall–Kier alpha value is -1.97. The van der Waals surface area contributed by atoms with E-state index in [-0.39, 0.29) is 24.0 Å². The molecule has 0 saturated carbocycles. The van der Waals surface area contributed by atoms with Crippen LogP contribution in [0.4, 0.5) is 0 Å². The van der Waals surface area contributed by atoms with Crippen LogP contribution in [-0.2, 0) is 13.1 Å². The molecule has 1 N–H and O–H groups in total. The zero-order valence-electron chi connectivity index (χ0n) is 17.4. The van der Waals surface area contributed by atoms with Gasteiger partial charge in [0.25, 0.3) is 0 Å². The number of guanidine groups is 1. The van der Waals surface area contributed by atoms with Crippen LogP contribution in [-0.4, -0.2) is 55.0 Å². The number of hydrogen-bond donors (Lipinski definition) is 1. The Morgan fingerprint density at radius 3 is 2.71 bits per heavy atom. The van der Waals surface area contributed by atoms with Crippen molar-refractivity contribution in [1.82, 2.24) is 20.0 Å². The van der Waals surface area contributed by atoms with Crippen molar-refractivity contribution in [2.45, 2.75) is 26.9 Å². The first-order valence-electron chi connectivity index (χ1n) is 9.25. The summed E-state index contributed by atoms with van der Waals surface area (Å²) in [6, 6.07) is 7.81. The van der Waals surface area contributed by atoms with Gasteiger partial charge in [0.15, 0.2) is 5.96 Å². The van der Waals surface area contributed by atoms with Crippen LogP contribution in [0, 0.1) is 5.92 Å². The number of methoxy groups -OCH3 is 2. The molecule has 8 heteroatoms. The molecule has 0 radical (unpaired) electrons. The lowest BCUT2D eigenvalue weighted by Crippen LogP contribution is -2.39. The van der Waals surface area contributed by atoms with Gasteiger partial charge in [-0.25, -0.2) is 0 Å². The molecule has 156 valence electrons. The molecule has 0 saturated heterocycles. The Balaban J connectivity index is 0.00000392. The summed E-state index contributed by atoms with van der Waals surface area (Å²) in [4.78, 5) is 6.91. The molecule has 0 amide bonds. The van der Waals surface area contributed by atoms with E-state index in [2.05, 4.69) is 29.2 Å². The van der Waals surface area contributed by atoms with Crippen LogP contribution in [0.5, 0.6) is 11.5 Å². The lowest BCUT2D eigenvalue weighted by atomic mass is 10.2. The molecule has 7 nitrogen and oxygen atoms in total. The number of aliphatic imine (C=N–C) groups is 1. The van der Waals surface area contributed by atoms with Gasteiger partial charge in [-0.05, 0) is 31.0 Å². The predicted octanol–water partition coefficient (Wildman–Crippen LogP) is 3.25. The quantitative estimate of drug-likeness (QED) is 0.325. The summed E-state index contributed by atoms with van der Waals surface area (Å²) < 4.78 is 12.7. The lowest BCUT2D eigenvalue weighted by molar-refractivity contribution is 0.382. The number of halogens is 1. The van der Waals surface area contributed by atoms with Crippen LogP contribution < -0.4 is 14.8 Å². The molecular weight excluding hydrogens is 469 g/mol. The van der Waals surface area contributed by atoms with Gasteiger partial charge in [-0.15, -0.1) is 24.0 Å². The third-order valence-corrected chi connectivity index (χ3v) is 4.21. The maximum Gasteiger partial charge on any atom is 0.193 e. The Morgan fingerprint density at radius 1 is 1.32 bits per heavy atom. The topological polar surface area (TPSA) is 63.9 Å². The van der Waals surface area contributed by atoms with Gasteiger partial charge in [0.2, 0.25) is 0 Å². The molecule has 0 aliphatic heterocycles. The summed E-state index contributed by atoms with van der Waals surface area (Å²) in [5.41, 5.74) is 1.08. The molecule has 2 aromatic rings. The van der Waals surface area contributed by atoms with E-state index in [1.54, 1.807) is 20.4 Å². The third kappa shape index (κ3) is 7.21. The molecule has 0 bridgehead atoms. The van der Waals surface area contributed by atoms with E-state index in [9.17, 15) is 0 Å². The van der Waals surface area contributed by atoms with Gasteiger partial charge in [0.05, 0.1) is 14.2 Å². The lowest BCUT2D eigenvalue weighted by Gasteiger charge is -2.24. The first-order valence-corrected chi connectivity index (χ1v) is 9.25. The van der Waals surface area contributed by atoms with E-state index in [4.69, 9.17) is 14.5 Å². The Kier molecular flexibility index (Phi) is 10.7. The minimum absolute atomic E-state index is 0. The molecule has 0 fully saturated rings. The predicted molar refractivity (Wildman–Crippen MR) is 124 cm³/mol. The van der Waals surface area contributed by atoms with Crippen LogP contribution in [0.25, 0.3) is 0 Å². The van der Waals surface area contributed by atoms with Gasteiger partial charge >= 0.3 is 0 Å². The molecule has 0 spiro atoms. The van der Waals surface area contributed by atoms with Crippen molar-refractivity contribution < 1.29 is 9.47 Å². The Morgan fingerprint density at radius 2 is 2.11 bits per heavy atom. The maximum absolute atomic E-state index is 5.51. The van der Waals surface area contributed by atoms with Gasteiger partial charge < -0.3 is 19.7 Å². The van der Waals surface area contributed by atoms with Crippen molar-refractivity contribution in [3.05, 3.63) is 42.2 Å². The number of benzene rings is 1. The summed E-state index contributed by atoms with van der Waals surface area (Å²) in [6.07, 6.45) is 3.78. The second-order valence-corrected chi connectivity index (χ2v) is 6.56. The van der Waals surface area contributed by atoms with Crippen molar-refractivity contribution in [2.75, 3.05) is 34.4 Å². The fourth-order valence-electron chi connectivity index (χ4n) is 2.81. The van der Waals surface area contributed by atoms with Gasteiger partial charge in [0.1, 0.15) is 11.5 Å². The molecule has 1 heterocycles. The number of rotatable bonds is 9. The summed E-state index contributed by atoms with van der Waals surface area (Å²) in [5, 5.41) is 7.63. The number of nitrogens with zero attached hydrogens (tertiary/aromatic N) is 4. The minimum Gasteiger partial charge on any atom is -0.497 e. The average molecular weight is 501 g/mol. The zero-order valence-corrected chi connectivity index (χ0v) is 19.7. The van der Waals surface area contributed by atoms with E-state index in [0.29, 0.717) is 12.5 Å². The monoisotopic (exact) mass is 501 g/mol. The molecule has 1 aromatic heterocycles. The number of nitrogens with one attached hydrogen (secondary N) is 1. The highest BCUT2D eigenvalue weighted by Crippen LogP contribution is 2.25. The SMILES string of the molecule is CCNC(=NCC(C)Cn1cccn1)N(C)Cc1ccc(OC)cc1OC.I. The fraction of sp³-hybridized carbons (Fsp3) is 0.500. The second-order valence-electron chi connectivity index (χ2n) is 6.56. The van der Waals surface area contributed by atoms with E-state index < -0.39 is 0 Å². The third-order valence-electron chi connectivity index (χ3n) is 4.21. The summed E-state index contributed by atoms with van der Waals surface area (Å²) in [5.74, 6) is 2.86. The van der Waals surface area contributed by atoms with Crippen LogP contribution in [0.15, 0.2) is 41.7 Å². The number of ether oxygens (including phenoxy) is 2. The Labute approximate surface area is 185 Å². The highest BCUT2D eigenvalue weighted by Gasteiger charge is 2.12. The highest BCUT2D eigenvalue weighted by molar-refractivity contribution is 14.0. The average Bonchev–Trinajstić information content (AvgIpc) is 3.18. The minimum atomic E-state index is 0. The number of aromatic nitrogens is 2. The molecule has 0 aliphatic rings. The van der Waals surface area contributed by atoms with Crippen molar-refractivity contribution in [3.8, 4) is 11.5 Å². The van der Waals surface area contributed by atoms with Crippen LogP contribution in [0.1, 0.15) is 19.4 Å². The van der Waals surface area contributed by atoms with Crippen LogP contribution in [0.3, 0.4) is 0 Å². The van der Waals surface area contributed by atoms with Crippen molar-refractivity contribution in [2.24, 2.45) is 10.9 Å². The second kappa shape index (κ2) is 12.5. The largest absolute Gasteiger partial charge is 0.497 e. The zero-order chi connectivity index (χ0) is 19.6. The normalized spacial score (nSPS) is 12.1. The molecule has 1 aromatic carbocycles. The van der Waals surface area contributed by atoms with Crippen molar-refractivity contribution in [3.63, 3.8) is 0 Å². The maximum atomic E-state index is 5.51. The van der Waals surface area contributed by atoms with E-state index in [0.717, 1.165) is 42.7 Å². The molecule has 1 atom stereocenters. The van der Waals surface area contributed by atoms with Gasteiger partial charge in [-0.1, -0.05) is 6.92 Å². The van der Waals surface area contributed by atoms with Gasteiger partial charge in [0, 0.05) is 57.3 Å². The van der Waals surface area contributed by atoms with Crippen LogP contribution in [0.2, 0.25) is 0 Å². The van der Waals surface area contributed by atoms with Crippen molar-refractivity contribution in [1.29, 1.82) is 0 Å². The number of hydrogen-bond acceptors (Lipinski definition) is 4. The highest BCUT2D eigenvalue weighted by atomic mass is 127. The Bertz CT molecular complexity index is 721. The molecule has 1 unspecified atom stereocenters. The molecule has 2 rings (SSSR count). The summed E-state index contributed by atoms with van der Waals surface area (Å²) in [7, 11) is 5.36. The standard InChI is InChI=1S/C20H31N5O2.HI/c1-6-21-20(22-13-16(2)14-25-11-7-10-23-25)24(3)15-17-8-9-18(26-4)12-19(17)27-5;/h7-12,16H,6,13-15H2,1-5H3,(H,21,22);1H. The molecule has 28 heavy (non-hydrogen) atoms. The first kappa shape index (κ1) is 24.1. The fourth-order valence-corrected chi connectivity index (χ4v) is 2.81. The summed E-state index contributed by atoms with van der Waals surface area (Å²) in [6.45, 7) is 7.34. The van der Waals surface area contributed by atoms with E-state index in [1.807, 2.05) is 42.2 Å². The van der Waals surface area contributed by atoms with E-state index >= 15 is 0 Å². The smallest absolute Gasteiger partial charge is 0.193 e. The van der Waals surface area contributed by atoms with E-state index in [1.165, 1.54) is 0 Å². The summed E-state index contributed by atoms with van der Waals surface area (Å²) >= 11 is 0. The van der Waals surface area contributed by atoms with Crippen molar-refractivity contribution >= 4 is 29.9 Å². The van der Waals surface area contributed by atoms with Crippen LogP contribution >= 0.6 is 24.0 Å². The molecular formula is C20H32IN5O2. The van der Waals surface area contributed by atoms with Gasteiger partial charge in [-0.2, -0.15) is 5.10 Å². The molecule has 0 aliphatic carbocycles.